The zero-order valence-corrected chi connectivity index (χ0v) is 11.6. The van der Waals surface area contributed by atoms with Crippen molar-refractivity contribution in [2.75, 3.05) is 7.05 Å². The van der Waals surface area contributed by atoms with Crippen LogP contribution in [0.15, 0.2) is 36.8 Å². The van der Waals surface area contributed by atoms with Crippen molar-refractivity contribution in [2.24, 2.45) is 0 Å². The smallest absolute Gasteiger partial charge is 0.130 e. The fourth-order valence-electron chi connectivity index (χ4n) is 2.04. The summed E-state index contributed by atoms with van der Waals surface area (Å²) in [6.07, 6.45) is 4.83. The van der Waals surface area contributed by atoms with Crippen molar-refractivity contribution < 1.29 is 4.74 Å². The van der Waals surface area contributed by atoms with Crippen molar-refractivity contribution in [3.63, 3.8) is 0 Å². The molecule has 0 bridgehead atoms. The second-order valence-corrected chi connectivity index (χ2v) is 4.51. The third-order valence-corrected chi connectivity index (χ3v) is 2.98. The standard InChI is InChI=1S/C15H21N3O/c1-3-8-18-12-17-10-14(18)11-19-15-7-5-4-6-13(15)9-16-2/h4-7,10,12,16H,3,8-9,11H2,1-2H3. The van der Waals surface area contributed by atoms with Crippen LogP contribution >= 0.6 is 0 Å². The molecule has 1 N–H and O–H groups in total. The van der Waals surface area contributed by atoms with E-state index in [9.17, 15) is 0 Å². The van der Waals surface area contributed by atoms with Gasteiger partial charge >= 0.3 is 0 Å². The number of rotatable bonds is 7. The third-order valence-electron chi connectivity index (χ3n) is 2.98. The SMILES string of the molecule is CCCn1cncc1COc1ccccc1CNC. The number of nitrogens with zero attached hydrogens (tertiary/aromatic N) is 2. The molecule has 0 fully saturated rings. The van der Waals surface area contributed by atoms with Gasteiger partial charge in [-0.2, -0.15) is 0 Å². The normalized spacial score (nSPS) is 10.6. The Morgan fingerprint density at radius 2 is 2.16 bits per heavy atom. The molecule has 0 saturated heterocycles. The number of para-hydroxylation sites is 1. The number of ether oxygens (including phenoxy) is 1. The zero-order valence-electron chi connectivity index (χ0n) is 11.6. The van der Waals surface area contributed by atoms with Gasteiger partial charge in [0.25, 0.3) is 0 Å². The van der Waals surface area contributed by atoms with Crippen LogP contribution in [0.3, 0.4) is 0 Å². The van der Waals surface area contributed by atoms with Gasteiger partial charge in [-0.05, 0) is 19.5 Å². The van der Waals surface area contributed by atoms with Gasteiger partial charge in [0.15, 0.2) is 0 Å². The van der Waals surface area contributed by atoms with E-state index in [2.05, 4.69) is 27.9 Å². The lowest BCUT2D eigenvalue weighted by Crippen LogP contribution is -2.09. The first kappa shape index (κ1) is 13.6. The quantitative estimate of drug-likeness (QED) is 0.830. The maximum absolute atomic E-state index is 5.92. The van der Waals surface area contributed by atoms with Crippen LogP contribution in [0, 0.1) is 0 Å². The van der Waals surface area contributed by atoms with Gasteiger partial charge in [-0.1, -0.05) is 25.1 Å². The summed E-state index contributed by atoms with van der Waals surface area (Å²) >= 11 is 0. The second kappa shape index (κ2) is 6.95. The molecule has 1 aromatic heterocycles. The third kappa shape index (κ3) is 3.58. The molecule has 102 valence electrons. The molecule has 2 aromatic rings. The number of nitrogens with one attached hydrogen (secondary N) is 1. The topological polar surface area (TPSA) is 39.1 Å². The van der Waals surface area contributed by atoms with Crippen molar-refractivity contribution in [1.82, 2.24) is 14.9 Å². The van der Waals surface area contributed by atoms with Crippen molar-refractivity contribution >= 4 is 0 Å². The molecule has 0 radical (unpaired) electrons. The number of hydrogen-bond acceptors (Lipinski definition) is 3. The predicted molar refractivity (Wildman–Crippen MR) is 76.1 cm³/mol. The monoisotopic (exact) mass is 259 g/mol. The van der Waals surface area contributed by atoms with Crippen LogP contribution in [0.5, 0.6) is 5.75 Å². The fraction of sp³-hybridized carbons (Fsp3) is 0.400. The van der Waals surface area contributed by atoms with Crippen LogP contribution in [0.4, 0.5) is 0 Å². The summed E-state index contributed by atoms with van der Waals surface area (Å²) in [5.41, 5.74) is 2.28. The minimum absolute atomic E-state index is 0.556. The molecule has 0 saturated carbocycles. The van der Waals surface area contributed by atoms with Crippen LogP contribution in [-0.4, -0.2) is 16.6 Å². The molecule has 0 amide bonds. The average Bonchev–Trinajstić information content (AvgIpc) is 2.86. The second-order valence-electron chi connectivity index (χ2n) is 4.51. The summed E-state index contributed by atoms with van der Waals surface area (Å²) < 4.78 is 8.06. The Kier molecular flexibility index (Phi) is 4.98. The van der Waals surface area contributed by atoms with E-state index < -0.39 is 0 Å². The van der Waals surface area contributed by atoms with E-state index in [1.165, 1.54) is 5.56 Å². The number of hydrogen-bond donors (Lipinski definition) is 1. The largest absolute Gasteiger partial charge is 0.487 e. The Bertz CT molecular complexity index is 508. The van der Waals surface area contributed by atoms with E-state index >= 15 is 0 Å². The van der Waals surface area contributed by atoms with Crippen LogP contribution in [0.1, 0.15) is 24.6 Å². The Morgan fingerprint density at radius 1 is 1.32 bits per heavy atom. The van der Waals surface area contributed by atoms with Gasteiger partial charge in [-0.15, -0.1) is 0 Å². The first-order chi connectivity index (χ1) is 9.35. The Morgan fingerprint density at radius 3 is 2.95 bits per heavy atom. The van der Waals surface area contributed by atoms with Gasteiger partial charge in [-0.25, -0.2) is 4.98 Å². The molecule has 0 spiro atoms. The van der Waals surface area contributed by atoms with Gasteiger partial charge in [0.05, 0.1) is 18.2 Å². The molecule has 2 rings (SSSR count). The maximum Gasteiger partial charge on any atom is 0.130 e. The van der Waals surface area contributed by atoms with Crippen molar-refractivity contribution in [3.05, 3.63) is 48.0 Å². The summed E-state index contributed by atoms with van der Waals surface area (Å²) in [5.74, 6) is 0.932. The first-order valence-electron chi connectivity index (χ1n) is 6.69. The molecular weight excluding hydrogens is 238 g/mol. The van der Waals surface area contributed by atoms with Crippen molar-refractivity contribution in [2.45, 2.75) is 33.0 Å². The molecular formula is C15H21N3O. The summed E-state index contributed by atoms with van der Waals surface area (Å²) in [6.45, 7) is 4.51. The van der Waals surface area contributed by atoms with Gasteiger partial charge in [0, 0.05) is 18.7 Å². The molecule has 19 heavy (non-hydrogen) atoms. The van der Waals surface area contributed by atoms with E-state index in [-0.39, 0.29) is 0 Å². The predicted octanol–water partition coefficient (Wildman–Crippen LogP) is 2.59. The van der Waals surface area contributed by atoms with Crippen molar-refractivity contribution in [1.29, 1.82) is 0 Å². The highest BCUT2D eigenvalue weighted by Crippen LogP contribution is 2.19. The van der Waals surface area contributed by atoms with E-state index in [1.54, 1.807) is 0 Å². The highest BCUT2D eigenvalue weighted by Gasteiger charge is 2.05. The number of imidazole rings is 1. The molecule has 0 atom stereocenters. The van der Waals surface area contributed by atoms with Crippen molar-refractivity contribution in [3.8, 4) is 5.75 Å². The Balaban J connectivity index is 2.03. The molecule has 0 aliphatic rings. The summed E-state index contributed by atoms with van der Waals surface area (Å²) in [6, 6.07) is 8.11. The van der Waals surface area contributed by atoms with E-state index in [4.69, 9.17) is 4.74 Å². The lowest BCUT2D eigenvalue weighted by atomic mass is 10.2. The average molecular weight is 259 g/mol. The van der Waals surface area contributed by atoms with E-state index in [0.717, 1.165) is 31.0 Å². The number of benzene rings is 1. The number of aromatic nitrogens is 2. The van der Waals surface area contributed by atoms with Crippen LogP contribution in [0.25, 0.3) is 0 Å². The molecule has 0 aliphatic carbocycles. The highest BCUT2D eigenvalue weighted by atomic mass is 16.5. The van der Waals surface area contributed by atoms with Gasteiger partial charge in [0.2, 0.25) is 0 Å². The lowest BCUT2D eigenvalue weighted by molar-refractivity contribution is 0.291. The van der Waals surface area contributed by atoms with Crippen LogP contribution < -0.4 is 10.1 Å². The maximum atomic E-state index is 5.92. The lowest BCUT2D eigenvalue weighted by Gasteiger charge is -2.12. The highest BCUT2D eigenvalue weighted by molar-refractivity contribution is 5.33. The minimum atomic E-state index is 0.556. The van der Waals surface area contributed by atoms with E-state index in [0.29, 0.717) is 6.61 Å². The van der Waals surface area contributed by atoms with Crippen LogP contribution in [-0.2, 0) is 19.7 Å². The van der Waals surface area contributed by atoms with Gasteiger partial charge < -0.3 is 14.6 Å². The Hall–Kier alpha value is -1.81. The number of aryl methyl sites for hydroxylation is 1. The van der Waals surface area contributed by atoms with E-state index in [1.807, 2.05) is 37.8 Å². The molecule has 0 unspecified atom stereocenters. The van der Waals surface area contributed by atoms with Gasteiger partial charge in [0.1, 0.15) is 12.4 Å². The molecule has 1 aromatic carbocycles. The zero-order chi connectivity index (χ0) is 13.5. The Labute approximate surface area is 114 Å². The summed E-state index contributed by atoms with van der Waals surface area (Å²) in [5, 5.41) is 3.15. The van der Waals surface area contributed by atoms with Gasteiger partial charge in [-0.3, -0.25) is 0 Å². The molecule has 1 heterocycles. The fourth-order valence-corrected chi connectivity index (χ4v) is 2.04. The first-order valence-corrected chi connectivity index (χ1v) is 6.69. The molecule has 4 heteroatoms. The minimum Gasteiger partial charge on any atom is -0.487 e. The summed E-state index contributed by atoms with van der Waals surface area (Å²) in [4.78, 5) is 4.18. The molecule has 0 aliphatic heterocycles. The summed E-state index contributed by atoms with van der Waals surface area (Å²) in [7, 11) is 1.94. The molecule has 4 nitrogen and oxygen atoms in total. The van der Waals surface area contributed by atoms with Crippen LogP contribution in [0.2, 0.25) is 0 Å².